The normalized spacial score (nSPS) is 10.2. The van der Waals surface area contributed by atoms with Crippen molar-refractivity contribution in [2.24, 2.45) is 0 Å². The van der Waals surface area contributed by atoms with Crippen LogP contribution in [0.5, 0.6) is 0 Å². The zero-order valence-corrected chi connectivity index (χ0v) is 10.6. The van der Waals surface area contributed by atoms with Gasteiger partial charge in [-0.2, -0.15) is 0 Å². The smallest absolute Gasteiger partial charge is 0.377 e. The quantitative estimate of drug-likeness (QED) is 0.673. The fourth-order valence-corrected chi connectivity index (χ4v) is 1.90. The maximum Gasteiger partial charge on any atom is 0.377 e. The highest BCUT2D eigenvalue weighted by atomic mass is 16.4. The Balaban J connectivity index is 2.37. The fraction of sp³-hybridized carbons (Fsp3) is 0.125. The lowest BCUT2D eigenvalue weighted by Gasteiger charge is -2.04. The summed E-state index contributed by atoms with van der Waals surface area (Å²) in [6.45, 7) is 2.08. The van der Waals surface area contributed by atoms with Crippen LogP contribution in [0.4, 0.5) is 0 Å². The summed E-state index contributed by atoms with van der Waals surface area (Å²) in [7, 11) is 0. The van der Waals surface area contributed by atoms with Crippen molar-refractivity contribution in [3.63, 3.8) is 0 Å². The number of hydrogen-bond donors (Lipinski definition) is 1. The van der Waals surface area contributed by atoms with E-state index in [-0.39, 0.29) is 5.56 Å². The van der Waals surface area contributed by atoms with Crippen LogP contribution in [0.15, 0.2) is 48.5 Å². The molecule has 2 aromatic carbocycles. The van der Waals surface area contributed by atoms with Gasteiger partial charge in [-0.05, 0) is 29.2 Å². The number of ketones is 1. The summed E-state index contributed by atoms with van der Waals surface area (Å²) in [5.41, 5.74) is 3.25. The lowest BCUT2D eigenvalue weighted by atomic mass is 10.00. The number of carbonyl (C=O) groups excluding carboxylic acids is 1. The van der Waals surface area contributed by atoms with E-state index in [1.54, 1.807) is 12.1 Å². The van der Waals surface area contributed by atoms with Crippen molar-refractivity contribution in [3.05, 3.63) is 59.7 Å². The van der Waals surface area contributed by atoms with Gasteiger partial charge in [0.25, 0.3) is 5.78 Å². The first-order valence-corrected chi connectivity index (χ1v) is 6.09. The van der Waals surface area contributed by atoms with E-state index >= 15 is 0 Å². The van der Waals surface area contributed by atoms with E-state index in [4.69, 9.17) is 5.11 Å². The molecule has 96 valence electrons. The minimum absolute atomic E-state index is 0.199. The van der Waals surface area contributed by atoms with E-state index in [0.29, 0.717) is 0 Å². The second-order valence-electron chi connectivity index (χ2n) is 4.27. The highest BCUT2D eigenvalue weighted by Gasteiger charge is 2.14. The van der Waals surface area contributed by atoms with Crippen LogP contribution >= 0.6 is 0 Å². The summed E-state index contributed by atoms with van der Waals surface area (Å²) < 4.78 is 0. The first kappa shape index (κ1) is 13.0. The number of benzene rings is 2. The van der Waals surface area contributed by atoms with E-state index in [1.165, 1.54) is 11.6 Å². The molecule has 2 rings (SSSR count). The zero-order chi connectivity index (χ0) is 13.8. The highest BCUT2D eigenvalue weighted by Crippen LogP contribution is 2.21. The number of rotatable bonds is 4. The molecular formula is C16H14O3. The summed E-state index contributed by atoms with van der Waals surface area (Å²) in [4.78, 5) is 22.1. The Labute approximate surface area is 111 Å². The molecule has 1 N–H and O–H groups in total. The Morgan fingerprint density at radius 2 is 1.68 bits per heavy atom. The topological polar surface area (TPSA) is 54.4 Å². The van der Waals surface area contributed by atoms with Crippen LogP contribution in [-0.2, 0) is 11.2 Å². The maximum absolute atomic E-state index is 11.4. The summed E-state index contributed by atoms with van der Waals surface area (Å²) in [6, 6.07) is 14.7. The molecule has 19 heavy (non-hydrogen) atoms. The molecule has 0 aliphatic heterocycles. The average Bonchev–Trinajstić information content (AvgIpc) is 2.46. The Hall–Kier alpha value is -2.42. The molecule has 0 aliphatic rings. The van der Waals surface area contributed by atoms with Gasteiger partial charge in [-0.25, -0.2) is 4.79 Å². The molecule has 0 amide bonds. The van der Waals surface area contributed by atoms with Crippen LogP contribution < -0.4 is 0 Å². The molecule has 3 heteroatoms. The predicted molar refractivity (Wildman–Crippen MR) is 73.2 cm³/mol. The third-order valence-corrected chi connectivity index (χ3v) is 3.01. The monoisotopic (exact) mass is 254 g/mol. The molecule has 0 spiro atoms. The van der Waals surface area contributed by atoms with Crippen molar-refractivity contribution in [1.29, 1.82) is 0 Å². The molecule has 0 unspecified atom stereocenters. The number of carboxylic acids is 1. The van der Waals surface area contributed by atoms with Gasteiger partial charge in [0.1, 0.15) is 0 Å². The third-order valence-electron chi connectivity index (χ3n) is 3.01. The van der Waals surface area contributed by atoms with Crippen molar-refractivity contribution in [1.82, 2.24) is 0 Å². The Morgan fingerprint density at radius 1 is 1.00 bits per heavy atom. The number of carboxylic acid groups (broad SMARTS) is 1. The number of carbonyl (C=O) groups is 2. The van der Waals surface area contributed by atoms with Gasteiger partial charge in [0.05, 0.1) is 0 Å². The molecule has 0 aliphatic carbocycles. The van der Waals surface area contributed by atoms with Gasteiger partial charge in [-0.3, -0.25) is 4.79 Å². The zero-order valence-electron chi connectivity index (χ0n) is 10.6. The van der Waals surface area contributed by atoms with Gasteiger partial charge in [0.15, 0.2) is 0 Å². The molecule has 0 radical (unpaired) electrons. The minimum Gasteiger partial charge on any atom is -0.475 e. The standard InChI is InChI=1S/C16H14O3/c1-2-11-6-8-12(9-7-11)13-4-3-5-14(10-13)15(17)16(18)19/h3-10H,2H2,1H3,(H,18,19). The molecule has 0 atom stereocenters. The number of Topliss-reactive ketones (excluding diaryl/α,β-unsaturated/α-hetero) is 1. The van der Waals surface area contributed by atoms with Crippen LogP contribution in [0.2, 0.25) is 0 Å². The molecule has 2 aromatic rings. The van der Waals surface area contributed by atoms with Gasteiger partial charge >= 0.3 is 5.97 Å². The second-order valence-corrected chi connectivity index (χ2v) is 4.27. The molecule has 3 nitrogen and oxygen atoms in total. The second kappa shape index (κ2) is 5.48. The predicted octanol–water partition coefficient (Wildman–Crippen LogP) is 3.18. The van der Waals surface area contributed by atoms with E-state index in [9.17, 15) is 9.59 Å². The van der Waals surface area contributed by atoms with Crippen LogP contribution in [-0.4, -0.2) is 16.9 Å². The van der Waals surface area contributed by atoms with E-state index in [2.05, 4.69) is 6.92 Å². The maximum atomic E-state index is 11.4. The number of aliphatic carboxylic acids is 1. The molecule has 0 aromatic heterocycles. The molecule has 0 heterocycles. The van der Waals surface area contributed by atoms with Crippen molar-refractivity contribution in [2.75, 3.05) is 0 Å². The lowest BCUT2D eigenvalue weighted by Crippen LogP contribution is -2.12. The number of aryl methyl sites for hydroxylation is 1. The van der Waals surface area contributed by atoms with E-state index in [0.717, 1.165) is 17.5 Å². The van der Waals surface area contributed by atoms with Crippen LogP contribution in [0.1, 0.15) is 22.8 Å². The van der Waals surface area contributed by atoms with Crippen molar-refractivity contribution < 1.29 is 14.7 Å². The fourth-order valence-electron chi connectivity index (χ4n) is 1.90. The van der Waals surface area contributed by atoms with Gasteiger partial charge < -0.3 is 5.11 Å². The van der Waals surface area contributed by atoms with Crippen LogP contribution in [0.25, 0.3) is 11.1 Å². The summed E-state index contributed by atoms with van der Waals surface area (Å²) in [5, 5.41) is 8.72. The molecule has 0 bridgehead atoms. The van der Waals surface area contributed by atoms with Gasteiger partial charge in [0, 0.05) is 5.56 Å². The summed E-state index contributed by atoms with van der Waals surface area (Å²) in [6.07, 6.45) is 0.970. The van der Waals surface area contributed by atoms with E-state index < -0.39 is 11.8 Å². The first-order valence-electron chi connectivity index (χ1n) is 6.09. The molecule has 0 saturated carbocycles. The largest absolute Gasteiger partial charge is 0.475 e. The van der Waals surface area contributed by atoms with Crippen LogP contribution in [0, 0.1) is 0 Å². The van der Waals surface area contributed by atoms with Gasteiger partial charge in [0.2, 0.25) is 0 Å². The number of hydrogen-bond acceptors (Lipinski definition) is 2. The molecular weight excluding hydrogens is 240 g/mol. The van der Waals surface area contributed by atoms with Crippen molar-refractivity contribution >= 4 is 11.8 Å². The van der Waals surface area contributed by atoms with Gasteiger partial charge in [-0.1, -0.05) is 49.4 Å². The van der Waals surface area contributed by atoms with Crippen molar-refractivity contribution in [2.45, 2.75) is 13.3 Å². The molecule has 0 saturated heterocycles. The summed E-state index contributed by atoms with van der Waals surface area (Å²) in [5.74, 6) is -2.31. The SMILES string of the molecule is CCc1ccc(-c2cccc(C(=O)C(=O)O)c2)cc1. The Bertz CT molecular complexity index is 612. The summed E-state index contributed by atoms with van der Waals surface area (Å²) >= 11 is 0. The molecule has 0 fully saturated rings. The Kier molecular flexibility index (Phi) is 3.76. The first-order chi connectivity index (χ1) is 9.11. The lowest BCUT2D eigenvalue weighted by molar-refractivity contribution is -0.131. The van der Waals surface area contributed by atoms with Crippen molar-refractivity contribution in [3.8, 4) is 11.1 Å². The minimum atomic E-state index is -1.43. The van der Waals surface area contributed by atoms with Gasteiger partial charge in [-0.15, -0.1) is 0 Å². The average molecular weight is 254 g/mol. The highest BCUT2D eigenvalue weighted by molar-refractivity contribution is 6.39. The Morgan fingerprint density at radius 3 is 2.26 bits per heavy atom. The van der Waals surface area contributed by atoms with E-state index in [1.807, 2.05) is 30.3 Å². The van der Waals surface area contributed by atoms with Crippen LogP contribution in [0.3, 0.4) is 0 Å². The third kappa shape index (κ3) is 2.88.